The van der Waals surface area contributed by atoms with Gasteiger partial charge in [-0.05, 0) is 46.9 Å². The molecule has 0 aliphatic carbocycles. The smallest absolute Gasteiger partial charge is 0.337 e. The number of pyridine rings is 1. The summed E-state index contributed by atoms with van der Waals surface area (Å²) in [5, 5.41) is 9.00. The largest absolute Gasteiger partial charge is 0.478 e. The molecule has 0 unspecified atom stereocenters. The normalized spacial score (nSPS) is 10.1. The molecule has 4 nitrogen and oxygen atoms in total. The third kappa shape index (κ3) is 3.11. The molecule has 0 aliphatic heterocycles. The summed E-state index contributed by atoms with van der Waals surface area (Å²) < 4.78 is 6.52. The second kappa shape index (κ2) is 5.53. The van der Waals surface area contributed by atoms with Crippen molar-refractivity contribution in [2.75, 3.05) is 0 Å². The van der Waals surface area contributed by atoms with Gasteiger partial charge < -0.3 is 9.84 Å². The predicted molar refractivity (Wildman–Crippen MR) is 75.4 cm³/mol. The fourth-order valence-electron chi connectivity index (χ4n) is 1.26. The number of benzene rings is 1. The minimum Gasteiger partial charge on any atom is -0.478 e. The quantitative estimate of drug-likeness (QED) is 0.828. The van der Waals surface area contributed by atoms with E-state index in [9.17, 15) is 4.79 Å². The molecular weight excluding hydrogens is 368 g/mol. The Hall–Kier alpha value is -1.34. The number of ether oxygens (including phenoxy) is 1. The highest BCUT2D eigenvalue weighted by molar-refractivity contribution is 14.1. The zero-order valence-corrected chi connectivity index (χ0v) is 11.8. The van der Waals surface area contributed by atoms with Gasteiger partial charge in [-0.3, -0.25) is 0 Å². The number of nitrogens with zero attached hydrogens (tertiary/aromatic N) is 1. The van der Waals surface area contributed by atoms with E-state index in [2.05, 4.69) is 27.6 Å². The molecule has 0 atom stereocenters. The van der Waals surface area contributed by atoms with E-state index in [1.54, 1.807) is 12.1 Å². The van der Waals surface area contributed by atoms with Crippen LogP contribution in [-0.2, 0) is 0 Å². The van der Waals surface area contributed by atoms with Gasteiger partial charge in [-0.1, -0.05) is 11.6 Å². The maximum Gasteiger partial charge on any atom is 0.337 e. The van der Waals surface area contributed by atoms with E-state index in [-0.39, 0.29) is 16.5 Å². The molecular formula is C12H7ClINO3. The Morgan fingerprint density at radius 2 is 2.00 bits per heavy atom. The molecule has 0 saturated heterocycles. The number of hydrogen-bond acceptors (Lipinski definition) is 3. The first-order chi connectivity index (χ1) is 8.56. The third-order valence-corrected chi connectivity index (χ3v) is 3.12. The lowest BCUT2D eigenvalue weighted by molar-refractivity contribution is 0.0696. The van der Waals surface area contributed by atoms with Gasteiger partial charge in [0.1, 0.15) is 5.75 Å². The lowest BCUT2D eigenvalue weighted by Gasteiger charge is -2.06. The van der Waals surface area contributed by atoms with Crippen LogP contribution in [-0.4, -0.2) is 16.1 Å². The van der Waals surface area contributed by atoms with Crippen molar-refractivity contribution >= 4 is 40.2 Å². The van der Waals surface area contributed by atoms with Crippen LogP contribution in [0.3, 0.4) is 0 Å². The Balaban J connectivity index is 2.27. The predicted octanol–water partition coefficient (Wildman–Crippen LogP) is 3.83. The molecule has 1 N–H and O–H groups in total. The van der Waals surface area contributed by atoms with Crippen LogP contribution < -0.4 is 4.74 Å². The van der Waals surface area contributed by atoms with Gasteiger partial charge in [-0.15, -0.1) is 0 Å². The summed E-state index contributed by atoms with van der Waals surface area (Å²) in [7, 11) is 0. The molecule has 2 aromatic rings. The van der Waals surface area contributed by atoms with E-state index in [4.69, 9.17) is 21.4 Å². The highest BCUT2D eigenvalue weighted by Crippen LogP contribution is 2.24. The number of carboxylic acids is 1. The van der Waals surface area contributed by atoms with Gasteiger partial charge in [0.2, 0.25) is 5.88 Å². The number of rotatable bonds is 3. The molecule has 0 bridgehead atoms. The van der Waals surface area contributed by atoms with Crippen molar-refractivity contribution in [2.24, 2.45) is 0 Å². The molecule has 2 rings (SSSR count). The summed E-state index contributed by atoms with van der Waals surface area (Å²) in [5.74, 6) is -0.338. The van der Waals surface area contributed by atoms with E-state index < -0.39 is 5.97 Å². The topological polar surface area (TPSA) is 59.4 Å². The van der Waals surface area contributed by atoms with Crippen molar-refractivity contribution in [3.63, 3.8) is 0 Å². The van der Waals surface area contributed by atoms with Gasteiger partial charge in [-0.25, -0.2) is 9.78 Å². The second-order valence-electron chi connectivity index (χ2n) is 3.36. The van der Waals surface area contributed by atoms with Crippen molar-refractivity contribution < 1.29 is 14.6 Å². The van der Waals surface area contributed by atoms with Crippen LogP contribution in [0.1, 0.15) is 10.4 Å². The molecule has 18 heavy (non-hydrogen) atoms. The minimum absolute atomic E-state index is 0.0350. The first-order valence-corrected chi connectivity index (χ1v) is 6.34. The van der Waals surface area contributed by atoms with Crippen LogP contribution in [0.4, 0.5) is 0 Å². The minimum atomic E-state index is -1.12. The summed E-state index contributed by atoms with van der Waals surface area (Å²) in [6, 6.07) is 8.60. The van der Waals surface area contributed by atoms with Crippen LogP contribution in [0.2, 0.25) is 5.02 Å². The zero-order valence-electron chi connectivity index (χ0n) is 8.93. The van der Waals surface area contributed by atoms with Crippen LogP contribution in [0.5, 0.6) is 11.6 Å². The number of aromatic nitrogens is 1. The van der Waals surface area contributed by atoms with Crippen molar-refractivity contribution in [3.8, 4) is 11.6 Å². The second-order valence-corrected chi connectivity index (χ2v) is 5.02. The number of hydrogen-bond donors (Lipinski definition) is 1. The molecule has 0 radical (unpaired) electrons. The van der Waals surface area contributed by atoms with Gasteiger partial charge >= 0.3 is 5.97 Å². The fraction of sp³-hybridized carbons (Fsp3) is 0. The summed E-state index contributed by atoms with van der Waals surface area (Å²) in [4.78, 5) is 14.8. The van der Waals surface area contributed by atoms with Gasteiger partial charge in [0.15, 0.2) is 0 Å². The Labute approximate surface area is 122 Å². The highest BCUT2D eigenvalue weighted by atomic mass is 127. The molecule has 6 heteroatoms. The lowest BCUT2D eigenvalue weighted by atomic mass is 10.3. The van der Waals surface area contributed by atoms with Crippen LogP contribution in [0, 0.1) is 3.57 Å². The molecule has 1 aromatic heterocycles. The van der Waals surface area contributed by atoms with Crippen LogP contribution >= 0.6 is 34.2 Å². The Kier molecular flexibility index (Phi) is 4.03. The average molecular weight is 376 g/mol. The molecule has 92 valence electrons. The molecule has 1 heterocycles. The fourth-order valence-corrected chi connectivity index (χ4v) is 1.81. The maximum absolute atomic E-state index is 10.9. The Bertz CT molecular complexity index is 586. The van der Waals surface area contributed by atoms with Crippen molar-refractivity contribution in [2.45, 2.75) is 0 Å². The third-order valence-electron chi connectivity index (χ3n) is 2.10. The summed E-state index contributed by atoms with van der Waals surface area (Å²) in [6.07, 6.45) is 1.26. The molecule has 0 amide bonds. The summed E-state index contributed by atoms with van der Waals surface area (Å²) in [6.45, 7) is 0. The first kappa shape index (κ1) is 13.1. The highest BCUT2D eigenvalue weighted by Gasteiger charge is 2.11. The number of aromatic carboxylic acids is 1. The summed E-state index contributed by atoms with van der Waals surface area (Å²) in [5.41, 5.74) is -0.0350. The molecule has 0 saturated carbocycles. The molecule has 0 aliphatic rings. The average Bonchev–Trinajstić information content (AvgIpc) is 2.34. The van der Waals surface area contributed by atoms with Crippen LogP contribution in [0.25, 0.3) is 0 Å². The molecule has 0 spiro atoms. The van der Waals surface area contributed by atoms with E-state index in [0.29, 0.717) is 5.75 Å². The van der Waals surface area contributed by atoms with Gasteiger partial charge in [0, 0.05) is 9.64 Å². The maximum atomic E-state index is 10.9. The van der Waals surface area contributed by atoms with Crippen LogP contribution in [0.15, 0.2) is 36.5 Å². The number of carbonyl (C=O) groups is 1. The lowest BCUT2D eigenvalue weighted by Crippen LogP contribution is -1.99. The zero-order chi connectivity index (χ0) is 13.1. The SMILES string of the molecule is O=C(O)c1cc(Oc2ccc(I)cc2)ncc1Cl. The van der Waals surface area contributed by atoms with Gasteiger partial charge in [0.05, 0.1) is 16.8 Å². The first-order valence-electron chi connectivity index (χ1n) is 4.88. The monoisotopic (exact) mass is 375 g/mol. The standard InChI is InChI=1S/C12H7ClINO3/c13-10-6-15-11(5-9(10)12(16)17)18-8-3-1-7(14)2-4-8/h1-6H,(H,16,17). The van der Waals surface area contributed by atoms with Crippen molar-refractivity contribution in [3.05, 3.63) is 50.7 Å². The number of halogens is 2. The molecule has 0 fully saturated rings. The van der Waals surface area contributed by atoms with E-state index in [1.165, 1.54) is 12.3 Å². The summed E-state index contributed by atoms with van der Waals surface area (Å²) >= 11 is 7.89. The van der Waals surface area contributed by atoms with Gasteiger partial charge in [0.25, 0.3) is 0 Å². The Morgan fingerprint density at radius 3 is 2.61 bits per heavy atom. The van der Waals surface area contributed by atoms with Crippen molar-refractivity contribution in [1.29, 1.82) is 0 Å². The van der Waals surface area contributed by atoms with Gasteiger partial charge in [-0.2, -0.15) is 0 Å². The molecule has 1 aromatic carbocycles. The Morgan fingerprint density at radius 1 is 1.33 bits per heavy atom. The van der Waals surface area contributed by atoms with E-state index in [0.717, 1.165) is 3.57 Å². The van der Waals surface area contributed by atoms with Crippen molar-refractivity contribution in [1.82, 2.24) is 4.98 Å². The van der Waals surface area contributed by atoms with E-state index >= 15 is 0 Å². The number of carboxylic acid groups (broad SMARTS) is 1. The van der Waals surface area contributed by atoms with E-state index in [1.807, 2.05) is 12.1 Å².